The van der Waals surface area contributed by atoms with Gasteiger partial charge in [-0.3, -0.25) is 14.6 Å². The Balaban J connectivity index is 1.23. The van der Waals surface area contributed by atoms with E-state index in [1.807, 2.05) is 32.9 Å². The van der Waals surface area contributed by atoms with Gasteiger partial charge in [-0.15, -0.1) is 0 Å². The number of carbonyl (C=O) groups is 1. The van der Waals surface area contributed by atoms with Crippen molar-refractivity contribution in [3.8, 4) is 6.07 Å². The van der Waals surface area contributed by atoms with E-state index in [1.54, 1.807) is 17.1 Å². The molecule has 0 unspecified atom stereocenters. The molecule has 9 heteroatoms. The van der Waals surface area contributed by atoms with Crippen molar-refractivity contribution in [1.29, 1.82) is 5.26 Å². The first-order valence-corrected chi connectivity index (χ1v) is 10.8. The van der Waals surface area contributed by atoms with Crippen LogP contribution in [-0.4, -0.2) is 44.0 Å². The predicted octanol–water partition coefficient (Wildman–Crippen LogP) is 2.43. The highest BCUT2D eigenvalue weighted by Gasteiger charge is 2.39. The van der Waals surface area contributed by atoms with Crippen LogP contribution in [0, 0.1) is 30.6 Å². The molecule has 4 heterocycles. The zero-order valence-corrected chi connectivity index (χ0v) is 18.5. The molecule has 1 fully saturated rings. The Kier molecular flexibility index (Phi) is 4.73. The third-order valence-electron chi connectivity index (χ3n) is 6.51. The molecule has 3 aromatic rings. The van der Waals surface area contributed by atoms with Crippen LogP contribution in [0.25, 0.3) is 0 Å². The van der Waals surface area contributed by atoms with E-state index >= 15 is 0 Å². The van der Waals surface area contributed by atoms with Gasteiger partial charge in [-0.2, -0.15) is 15.5 Å². The van der Waals surface area contributed by atoms with Gasteiger partial charge in [0.1, 0.15) is 5.82 Å². The highest BCUT2D eigenvalue weighted by molar-refractivity contribution is 5.94. The predicted molar refractivity (Wildman–Crippen MR) is 118 cm³/mol. The van der Waals surface area contributed by atoms with Gasteiger partial charge >= 0.3 is 0 Å². The largest absolute Gasteiger partial charge is 0.353 e. The molecule has 1 aliphatic carbocycles. The summed E-state index contributed by atoms with van der Waals surface area (Å²) in [5.41, 5.74) is 5.45. The summed E-state index contributed by atoms with van der Waals surface area (Å²) in [5, 5.41) is 24.0. The van der Waals surface area contributed by atoms with Crippen molar-refractivity contribution in [2.75, 3.05) is 18.0 Å². The van der Waals surface area contributed by atoms with Crippen molar-refractivity contribution in [3.05, 3.63) is 58.3 Å². The first kappa shape index (κ1) is 20.2. The highest BCUT2D eigenvalue weighted by atomic mass is 16.1. The molecule has 2 N–H and O–H groups in total. The van der Waals surface area contributed by atoms with E-state index in [0.29, 0.717) is 25.2 Å². The summed E-state index contributed by atoms with van der Waals surface area (Å²) in [7, 11) is 0. The van der Waals surface area contributed by atoms with Crippen molar-refractivity contribution in [2.45, 2.75) is 46.2 Å². The fourth-order valence-corrected chi connectivity index (χ4v) is 4.57. The van der Waals surface area contributed by atoms with Gasteiger partial charge in [-0.05, 0) is 50.8 Å². The van der Waals surface area contributed by atoms with Gasteiger partial charge in [0.2, 0.25) is 0 Å². The van der Waals surface area contributed by atoms with E-state index in [4.69, 9.17) is 4.98 Å². The van der Waals surface area contributed by atoms with Crippen molar-refractivity contribution >= 4 is 11.7 Å². The minimum absolute atomic E-state index is 0.0609. The van der Waals surface area contributed by atoms with Crippen molar-refractivity contribution in [2.24, 2.45) is 5.41 Å². The molecule has 1 amide bonds. The number of amides is 1. The number of carbonyl (C=O) groups excluding carboxylic acids is 1. The maximum absolute atomic E-state index is 12.7. The second-order valence-electron chi connectivity index (χ2n) is 9.15. The summed E-state index contributed by atoms with van der Waals surface area (Å²) in [6, 6.07) is 6.33. The van der Waals surface area contributed by atoms with Crippen LogP contribution in [-0.2, 0) is 13.0 Å². The number of pyridine rings is 1. The van der Waals surface area contributed by atoms with Crippen LogP contribution in [0.1, 0.15) is 58.0 Å². The standard InChI is InChI=1S/C23H26N8O/c1-14-16(4-7-20(26-14)30-12-23(3,11-24)13-30)9-31-10-17(8-25-31)22(32)27-19-6-5-18-15(2)28-29-21(18)19/h4,7-8,10,19H,5-6,9,12-13H2,1-3H3,(H,27,32)(H,28,29)/t19-/m1/s1. The maximum atomic E-state index is 12.7. The van der Waals surface area contributed by atoms with Gasteiger partial charge < -0.3 is 10.2 Å². The number of nitriles is 1. The number of hydrogen-bond acceptors (Lipinski definition) is 6. The number of aromatic amines is 1. The van der Waals surface area contributed by atoms with Gasteiger partial charge in [0, 0.05) is 30.7 Å². The fraction of sp³-hybridized carbons (Fsp3) is 0.435. The lowest BCUT2D eigenvalue weighted by atomic mass is 9.84. The smallest absolute Gasteiger partial charge is 0.255 e. The number of hydrogen-bond donors (Lipinski definition) is 2. The lowest BCUT2D eigenvalue weighted by Crippen LogP contribution is -2.54. The van der Waals surface area contributed by atoms with Crippen LogP contribution < -0.4 is 10.2 Å². The molecular formula is C23H26N8O. The minimum Gasteiger partial charge on any atom is -0.353 e. The average Bonchev–Trinajstić information content (AvgIpc) is 3.46. The normalized spacial score (nSPS) is 18.7. The molecule has 1 aliphatic heterocycles. The van der Waals surface area contributed by atoms with Gasteiger partial charge in [0.05, 0.1) is 41.5 Å². The van der Waals surface area contributed by atoms with Crippen LogP contribution in [0.3, 0.4) is 0 Å². The summed E-state index contributed by atoms with van der Waals surface area (Å²) < 4.78 is 1.76. The Morgan fingerprint density at radius 1 is 1.38 bits per heavy atom. The van der Waals surface area contributed by atoms with E-state index < -0.39 is 0 Å². The summed E-state index contributed by atoms with van der Waals surface area (Å²) in [5.74, 6) is 0.752. The summed E-state index contributed by atoms with van der Waals surface area (Å²) >= 11 is 0. The van der Waals surface area contributed by atoms with Gasteiger partial charge in [0.15, 0.2) is 0 Å². The van der Waals surface area contributed by atoms with Crippen molar-refractivity contribution in [1.82, 2.24) is 30.3 Å². The molecule has 1 atom stereocenters. The highest BCUT2D eigenvalue weighted by Crippen LogP contribution is 2.33. The zero-order valence-electron chi connectivity index (χ0n) is 18.5. The second kappa shape index (κ2) is 7.48. The number of nitrogens with zero attached hydrogens (tertiary/aromatic N) is 6. The van der Waals surface area contributed by atoms with Crippen LogP contribution >= 0.6 is 0 Å². The number of fused-ring (bicyclic) bond motifs is 1. The summed E-state index contributed by atoms with van der Waals surface area (Å²) in [4.78, 5) is 19.6. The average molecular weight is 431 g/mol. The molecule has 0 bridgehead atoms. The fourth-order valence-electron chi connectivity index (χ4n) is 4.57. The monoisotopic (exact) mass is 430 g/mol. The topological polar surface area (TPSA) is 116 Å². The van der Waals surface area contributed by atoms with Gasteiger partial charge in [-0.1, -0.05) is 6.07 Å². The first-order chi connectivity index (χ1) is 15.3. The van der Waals surface area contributed by atoms with Crippen LogP contribution in [0.5, 0.6) is 0 Å². The molecule has 1 saturated heterocycles. The number of nitrogens with one attached hydrogen (secondary N) is 2. The molecule has 3 aromatic heterocycles. The Labute approximate surface area is 186 Å². The van der Waals surface area contributed by atoms with E-state index in [2.05, 4.69) is 31.6 Å². The molecule has 0 spiro atoms. The number of aromatic nitrogens is 5. The third kappa shape index (κ3) is 3.51. The van der Waals surface area contributed by atoms with E-state index in [-0.39, 0.29) is 17.4 Å². The lowest BCUT2D eigenvalue weighted by molar-refractivity contribution is 0.0936. The summed E-state index contributed by atoms with van der Waals surface area (Å²) in [6.07, 6.45) is 5.16. The van der Waals surface area contributed by atoms with Crippen molar-refractivity contribution < 1.29 is 4.79 Å². The van der Waals surface area contributed by atoms with Crippen LogP contribution in [0.2, 0.25) is 0 Å². The van der Waals surface area contributed by atoms with E-state index in [1.165, 1.54) is 5.56 Å². The number of anilines is 1. The second-order valence-corrected chi connectivity index (χ2v) is 9.15. The van der Waals surface area contributed by atoms with Crippen molar-refractivity contribution in [3.63, 3.8) is 0 Å². The molecule has 5 rings (SSSR count). The van der Waals surface area contributed by atoms with Crippen LogP contribution in [0.15, 0.2) is 24.5 Å². The molecule has 9 nitrogen and oxygen atoms in total. The molecule has 0 radical (unpaired) electrons. The zero-order chi connectivity index (χ0) is 22.5. The SMILES string of the molecule is Cc1nc(N2CC(C)(C#N)C2)ccc1Cn1cc(C(=O)N[C@@H]2CCc3c2n[nH]c3C)cn1. The maximum Gasteiger partial charge on any atom is 0.255 e. The molecule has 32 heavy (non-hydrogen) atoms. The third-order valence-corrected chi connectivity index (χ3v) is 6.51. The molecule has 0 aromatic carbocycles. The Hall–Kier alpha value is -3.67. The Morgan fingerprint density at radius 3 is 2.94 bits per heavy atom. The summed E-state index contributed by atoms with van der Waals surface area (Å²) in [6.45, 7) is 7.89. The van der Waals surface area contributed by atoms with E-state index in [9.17, 15) is 10.1 Å². The van der Waals surface area contributed by atoms with Gasteiger partial charge in [-0.25, -0.2) is 4.98 Å². The minimum atomic E-state index is -0.281. The van der Waals surface area contributed by atoms with E-state index in [0.717, 1.165) is 41.3 Å². The Morgan fingerprint density at radius 2 is 2.19 bits per heavy atom. The first-order valence-electron chi connectivity index (χ1n) is 10.8. The quantitative estimate of drug-likeness (QED) is 0.642. The molecule has 2 aliphatic rings. The van der Waals surface area contributed by atoms with Gasteiger partial charge in [0.25, 0.3) is 5.91 Å². The molecule has 164 valence electrons. The number of H-pyrrole nitrogens is 1. The molecule has 0 saturated carbocycles. The lowest BCUT2D eigenvalue weighted by Gasteiger charge is -2.44. The molecular weight excluding hydrogens is 404 g/mol. The van der Waals surface area contributed by atoms with Crippen LogP contribution in [0.4, 0.5) is 5.82 Å². The number of aryl methyl sites for hydroxylation is 2. The number of rotatable bonds is 5. The Bertz CT molecular complexity index is 1230.